The molecule has 0 bridgehead atoms. The molecule has 9 nitrogen and oxygen atoms in total. The van der Waals surface area contributed by atoms with Gasteiger partial charge in [-0.3, -0.25) is 0 Å². The van der Waals surface area contributed by atoms with Gasteiger partial charge in [0.1, 0.15) is 6.10 Å². The van der Waals surface area contributed by atoms with Gasteiger partial charge in [-0.25, -0.2) is 4.79 Å². The lowest BCUT2D eigenvalue weighted by atomic mass is 10.4. The van der Waals surface area contributed by atoms with Crippen LogP contribution in [-0.2, 0) is 14.4 Å². The van der Waals surface area contributed by atoms with Crippen molar-refractivity contribution in [3.8, 4) is 0 Å². The van der Waals surface area contributed by atoms with Crippen LogP contribution in [-0.4, -0.2) is 34.2 Å². The second-order valence-corrected chi connectivity index (χ2v) is 1.59. The average Bonchev–Trinajstić information content (AvgIpc) is 1.88. The number of quaternary nitrogens is 2. The van der Waals surface area contributed by atoms with Gasteiger partial charge in [0.2, 0.25) is 0 Å². The van der Waals surface area contributed by atoms with Gasteiger partial charge in [0.05, 0.1) is 11.9 Å². The molecule has 1 atom stereocenters. The highest BCUT2D eigenvalue weighted by molar-refractivity contribution is 6.25. The SMILES string of the molecule is CC(O)C(=O)O.O=C([O-])C(=O)[O-].[NH4+].[NH4+]. The molecule has 10 N–H and O–H groups in total. The van der Waals surface area contributed by atoms with Crippen molar-refractivity contribution in [2.45, 2.75) is 13.0 Å². The van der Waals surface area contributed by atoms with E-state index < -0.39 is 24.0 Å². The lowest BCUT2D eigenvalue weighted by molar-refractivity contribution is -0.345. The largest absolute Gasteiger partial charge is 0.543 e. The normalized spacial score (nSPS) is 9.00. The highest BCUT2D eigenvalue weighted by atomic mass is 16.4. The van der Waals surface area contributed by atoms with Crippen LogP contribution in [0.2, 0.25) is 0 Å². The van der Waals surface area contributed by atoms with Crippen LogP contribution in [0.25, 0.3) is 0 Å². The fraction of sp³-hybridized carbons (Fsp3) is 0.400. The Balaban J connectivity index is -0.0000000625. The van der Waals surface area contributed by atoms with E-state index in [-0.39, 0.29) is 12.3 Å². The van der Waals surface area contributed by atoms with Crippen molar-refractivity contribution < 1.29 is 34.8 Å². The van der Waals surface area contributed by atoms with Crippen LogP contribution in [0.3, 0.4) is 0 Å². The summed E-state index contributed by atoms with van der Waals surface area (Å²) in [5, 5.41) is 33.6. The van der Waals surface area contributed by atoms with Gasteiger partial charge in [-0.15, -0.1) is 0 Å². The number of aliphatic hydroxyl groups is 1. The van der Waals surface area contributed by atoms with Crippen molar-refractivity contribution in [2.24, 2.45) is 0 Å². The molecule has 0 aromatic rings. The Hall–Kier alpha value is -1.71. The van der Waals surface area contributed by atoms with Gasteiger partial charge in [-0.05, 0) is 6.92 Å². The maximum Gasteiger partial charge on any atom is 0.332 e. The summed E-state index contributed by atoms with van der Waals surface area (Å²) in [4.78, 5) is 27.3. The van der Waals surface area contributed by atoms with Crippen molar-refractivity contribution in [1.29, 1.82) is 0 Å². The first-order valence-corrected chi connectivity index (χ1v) is 2.62. The molecule has 0 amide bonds. The van der Waals surface area contributed by atoms with Crippen molar-refractivity contribution in [1.82, 2.24) is 12.3 Å². The molecule has 0 aliphatic rings. The van der Waals surface area contributed by atoms with Crippen molar-refractivity contribution in [3.63, 3.8) is 0 Å². The Bertz CT molecular complexity index is 179. The fourth-order valence-electron chi connectivity index (χ4n) is 0. The minimum absolute atomic E-state index is 0. The molecular formula is C5H14N2O7. The maximum atomic E-state index is 9.45. The van der Waals surface area contributed by atoms with E-state index in [4.69, 9.17) is 30.0 Å². The molecular weight excluding hydrogens is 200 g/mol. The molecule has 0 radical (unpaired) electrons. The van der Waals surface area contributed by atoms with E-state index in [1.807, 2.05) is 0 Å². The summed E-state index contributed by atoms with van der Waals surface area (Å²) in [6.45, 7) is 1.20. The van der Waals surface area contributed by atoms with Gasteiger partial charge in [-0.2, -0.15) is 0 Å². The van der Waals surface area contributed by atoms with E-state index in [0.29, 0.717) is 0 Å². The Labute approximate surface area is 79.1 Å². The molecule has 0 aromatic heterocycles. The molecule has 0 rings (SSSR count). The highest BCUT2D eigenvalue weighted by Crippen LogP contribution is 1.73. The van der Waals surface area contributed by atoms with Gasteiger partial charge in [0, 0.05) is 0 Å². The molecule has 0 aromatic carbocycles. The second-order valence-electron chi connectivity index (χ2n) is 1.59. The molecule has 0 fully saturated rings. The Kier molecular flexibility index (Phi) is 18.4. The van der Waals surface area contributed by atoms with Gasteiger partial charge >= 0.3 is 5.97 Å². The maximum absolute atomic E-state index is 9.45. The van der Waals surface area contributed by atoms with Gasteiger partial charge < -0.3 is 42.3 Å². The lowest BCUT2D eigenvalue weighted by Gasteiger charge is -1.97. The molecule has 0 saturated carbocycles. The molecule has 0 heterocycles. The Morgan fingerprint density at radius 2 is 1.21 bits per heavy atom. The number of carboxylic acid groups (broad SMARTS) is 3. The Morgan fingerprint density at radius 3 is 1.21 bits per heavy atom. The van der Waals surface area contributed by atoms with Crippen molar-refractivity contribution >= 4 is 17.9 Å². The van der Waals surface area contributed by atoms with E-state index >= 15 is 0 Å². The summed E-state index contributed by atoms with van der Waals surface area (Å²) < 4.78 is 0. The number of carbonyl (C=O) groups is 3. The van der Waals surface area contributed by atoms with Gasteiger partial charge in [0.25, 0.3) is 0 Å². The third kappa shape index (κ3) is 22.4. The van der Waals surface area contributed by atoms with E-state index in [0.717, 1.165) is 0 Å². The van der Waals surface area contributed by atoms with Crippen LogP contribution in [0.1, 0.15) is 6.92 Å². The van der Waals surface area contributed by atoms with Crippen LogP contribution in [0.5, 0.6) is 0 Å². The monoisotopic (exact) mass is 214 g/mol. The summed E-state index contributed by atoms with van der Waals surface area (Å²) in [5.74, 6) is -5.56. The van der Waals surface area contributed by atoms with Crippen molar-refractivity contribution in [3.05, 3.63) is 0 Å². The van der Waals surface area contributed by atoms with Crippen LogP contribution >= 0.6 is 0 Å². The number of aliphatic hydroxyl groups excluding tert-OH is 1. The number of rotatable bonds is 1. The zero-order chi connectivity index (χ0) is 10.3. The fourth-order valence-corrected chi connectivity index (χ4v) is 0. The number of hydrogen-bond acceptors (Lipinski definition) is 6. The first-order valence-electron chi connectivity index (χ1n) is 2.62. The first-order chi connectivity index (χ1) is 5.29. The van der Waals surface area contributed by atoms with E-state index in [2.05, 4.69) is 0 Å². The van der Waals surface area contributed by atoms with Crippen LogP contribution in [0, 0.1) is 0 Å². The van der Waals surface area contributed by atoms with E-state index in [1.54, 1.807) is 0 Å². The number of hydrogen-bond donors (Lipinski definition) is 4. The predicted octanol–water partition coefficient (Wildman–Crippen LogP) is -3.31. The molecule has 1 unspecified atom stereocenters. The smallest absolute Gasteiger partial charge is 0.332 e. The van der Waals surface area contributed by atoms with Crippen molar-refractivity contribution in [2.75, 3.05) is 0 Å². The second kappa shape index (κ2) is 11.3. The standard InChI is InChI=1S/C3H6O3.C2H2O4.2H3N/c1-2(4)3(5)6;3-1(4)2(5)6;;/h2,4H,1H3,(H,5,6);(H,3,4)(H,5,6);2*1H3. The summed E-state index contributed by atoms with van der Waals surface area (Å²) >= 11 is 0. The van der Waals surface area contributed by atoms with Crippen LogP contribution in [0.4, 0.5) is 0 Å². The Morgan fingerprint density at radius 1 is 1.07 bits per heavy atom. The van der Waals surface area contributed by atoms with Crippen LogP contribution < -0.4 is 22.5 Å². The molecule has 0 spiro atoms. The molecule has 14 heavy (non-hydrogen) atoms. The minimum Gasteiger partial charge on any atom is -0.543 e. The number of carbonyl (C=O) groups excluding carboxylic acids is 2. The highest BCUT2D eigenvalue weighted by Gasteiger charge is 2.01. The average molecular weight is 214 g/mol. The molecule has 0 aliphatic heterocycles. The molecule has 9 heteroatoms. The molecule has 0 aliphatic carbocycles. The van der Waals surface area contributed by atoms with Gasteiger partial charge in [0.15, 0.2) is 0 Å². The van der Waals surface area contributed by atoms with E-state index in [1.165, 1.54) is 6.92 Å². The zero-order valence-electron chi connectivity index (χ0n) is 8.01. The predicted molar refractivity (Wildman–Crippen MR) is 41.3 cm³/mol. The minimum atomic E-state index is -2.19. The zero-order valence-corrected chi connectivity index (χ0v) is 8.01. The number of carboxylic acids is 3. The van der Waals surface area contributed by atoms with Crippen LogP contribution in [0.15, 0.2) is 0 Å². The molecule has 0 saturated heterocycles. The molecule has 86 valence electrons. The topological polar surface area (TPSA) is 211 Å². The lowest BCUT2D eigenvalue weighted by Crippen LogP contribution is -2.42. The summed E-state index contributed by atoms with van der Waals surface area (Å²) in [7, 11) is 0. The summed E-state index contributed by atoms with van der Waals surface area (Å²) in [5.41, 5.74) is 0. The van der Waals surface area contributed by atoms with Gasteiger partial charge in [-0.1, -0.05) is 0 Å². The number of aliphatic carboxylic acids is 3. The quantitative estimate of drug-likeness (QED) is 0.326. The summed E-state index contributed by atoms with van der Waals surface area (Å²) in [6.07, 6.45) is -1.23. The summed E-state index contributed by atoms with van der Waals surface area (Å²) in [6, 6.07) is 0. The third-order valence-corrected chi connectivity index (χ3v) is 0.524. The third-order valence-electron chi connectivity index (χ3n) is 0.524. The van der Waals surface area contributed by atoms with E-state index in [9.17, 15) is 4.79 Å². The first kappa shape index (κ1) is 22.8.